The number of rotatable bonds is 5. The fraction of sp³-hybridized carbons (Fsp3) is 0.250. The molecule has 0 spiro atoms. The Morgan fingerprint density at radius 1 is 1.25 bits per heavy atom. The van der Waals surface area contributed by atoms with Crippen LogP contribution in [0.1, 0.15) is 18.1 Å². The average Bonchev–Trinajstić information content (AvgIpc) is 2.43. The summed E-state index contributed by atoms with van der Waals surface area (Å²) in [5.74, 6) is 0.592. The van der Waals surface area contributed by atoms with E-state index in [-0.39, 0.29) is 5.82 Å². The molecule has 0 aromatic heterocycles. The first-order valence-corrected chi connectivity index (χ1v) is 7.31. The summed E-state index contributed by atoms with van der Waals surface area (Å²) in [5, 5.41) is 3.26. The highest BCUT2D eigenvalue weighted by Gasteiger charge is 2.07. The Kier molecular flexibility index (Phi) is 5.01. The van der Waals surface area contributed by atoms with E-state index < -0.39 is 0 Å². The van der Waals surface area contributed by atoms with Crippen molar-refractivity contribution in [2.45, 2.75) is 20.4 Å². The molecule has 4 heteroatoms. The van der Waals surface area contributed by atoms with Gasteiger partial charge in [-0.25, -0.2) is 4.39 Å². The van der Waals surface area contributed by atoms with Crippen LogP contribution in [0.4, 0.5) is 10.1 Å². The average molecular weight is 338 g/mol. The summed E-state index contributed by atoms with van der Waals surface area (Å²) in [7, 11) is 0. The van der Waals surface area contributed by atoms with Gasteiger partial charge in [0.15, 0.2) is 0 Å². The SMILES string of the molecule is CCOc1ccccc1CNc1cc(F)c(Br)cc1C. The molecule has 0 fully saturated rings. The first kappa shape index (κ1) is 14.9. The van der Waals surface area contributed by atoms with E-state index in [4.69, 9.17) is 4.74 Å². The Bertz CT molecular complexity index is 601. The summed E-state index contributed by atoms with van der Waals surface area (Å²) < 4.78 is 19.6. The molecule has 20 heavy (non-hydrogen) atoms. The highest BCUT2D eigenvalue weighted by atomic mass is 79.9. The van der Waals surface area contributed by atoms with Crippen molar-refractivity contribution in [3.05, 3.63) is 57.8 Å². The summed E-state index contributed by atoms with van der Waals surface area (Å²) >= 11 is 3.19. The lowest BCUT2D eigenvalue weighted by Crippen LogP contribution is -2.04. The molecule has 0 atom stereocenters. The highest BCUT2D eigenvalue weighted by molar-refractivity contribution is 9.10. The molecule has 0 amide bonds. The van der Waals surface area contributed by atoms with Gasteiger partial charge in [0.2, 0.25) is 0 Å². The minimum atomic E-state index is -0.267. The first-order valence-electron chi connectivity index (χ1n) is 6.52. The van der Waals surface area contributed by atoms with Crippen molar-refractivity contribution >= 4 is 21.6 Å². The van der Waals surface area contributed by atoms with Gasteiger partial charge >= 0.3 is 0 Å². The number of hydrogen-bond donors (Lipinski definition) is 1. The number of para-hydroxylation sites is 1. The number of benzene rings is 2. The molecule has 0 bridgehead atoms. The molecule has 0 aliphatic carbocycles. The molecule has 0 saturated heterocycles. The second kappa shape index (κ2) is 6.75. The van der Waals surface area contributed by atoms with Gasteiger partial charge in [-0.05, 0) is 53.5 Å². The van der Waals surface area contributed by atoms with Crippen LogP contribution in [0.2, 0.25) is 0 Å². The van der Waals surface area contributed by atoms with Gasteiger partial charge in [-0.15, -0.1) is 0 Å². The minimum absolute atomic E-state index is 0.267. The van der Waals surface area contributed by atoms with Crippen molar-refractivity contribution in [1.82, 2.24) is 0 Å². The fourth-order valence-electron chi connectivity index (χ4n) is 1.97. The molecule has 2 aromatic carbocycles. The molecule has 2 aromatic rings. The molecule has 0 aliphatic rings. The molecular formula is C16H17BrFNO. The van der Waals surface area contributed by atoms with Gasteiger partial charge < -0.3 is 10.1 Å². The molecular weight excluding hydrogens is 321 g/mol. The number of ether oxygens (including phenoxy) is 1. The second-order valence-electron chi connectivity index (χ2n) is 4.48. The van der Waals surface area contributed by atoms with Crippen molar-refractivity contribution < 1.29 is 9.13 Å². The van der Waals surface area contributed by atoms with E-state index in [1.165, 1.54) is 6.07 Å². The van der Waals surface area contributed by atoms with Crippen molar-refractivity contribution in [2.75, 3.05) is 11.9 Å². The van der Waals surface area contributed by atoms with E-state index in [0.717, 1.165) is 22.6 Å². The van der Waals surface area contributed by atoms with Gasteiger partial charge in [0.25, 0.3) is 0 Å². The van der Waals surface area contributed by atoms with Crippen LogP contribution in [-0.4, -0.2) is 6.61 Å². The molecule has 0 unspecified atom stereocenters. The molecule has 0 saturated carbocycles. The van der Waals surface area contributed by atoms with Gasteiger partial charge in [0.05, 0.1) is 11.1 Å². The van der Waals surface area contributed by atoms with Crippen molar-refractivity contribution in [3.8, 4) is 5.75 Å². The zero-order chi connectivity index (χ0) is 14.5. The largest absolute Gasteiger partial charge is 0.494 e. The second-order valence-corrected chi connectivity index (χ2v) is 5.33. The third kappa shape index (κ3) is 3.51. The molecule has 2 rings (SSSR count). The number of nitrogens with one attached hydrogen (secondary N) is 1. The summed E-state index contributed by atoms with van der Waals surface area (Å²) in [6, 6.07) is 11.1. The van der Waals surface area contributed by atoms with E-state index >= 15 is 0 Å². The number of halogens is 2. The summed E-state index contributed by atoms with van der Waals surface area (Å²) in [5.41, 5.74) is 2.83. The number of hydrogen-bond acceptors (Lipinski definition) is 2. The van der Waals surface area contributed by atoms with Crippen LogP contribution >= 0.6 is 15.9 Å². The normalized spacial score (nSPS) is 10.4. The summed E-state index contributed by atoms with van der Waals surface area (Å²) in [6.07, 6.45) is 0. The van der Waals surface area contributed by atoms with Gasteiger partial charge in [-0.3, -0.25) is 0 Å². The van der Waals surface area contributed by atoms with Gasteiger partial charge in [-0.1, -0.05) is 18.2 Å². The first-order chi connectivity index (χ1) is 9.61. The Morgan fingerprint density at radius 3 is 2.75 bits per heavy atom. The lowest BCUT2D eigenvalue weighted by atomic mass is 10.1. The van der Waals surface area contributed by atoms with E-state index in [1.807, 2.05) is 38.1 Å². The van der Waals surface area contributed by atoms with E-state index in [1.54, 1.807) is 6.07 Å². The maximum Gasteiger partial charge on any atom is 0.139 e. The van der Waals surface area contributed by atoms with Crippen LogP contribution in [0.5, 0.6) is 5.75 Å². The molecule has 0 heterocycles. The lowest BCUT2D eigenvalue weighted by Gasteiger charge is -2.13. The van der Waals surface area contributed by atoms with Crippen LogP contribution in [0.15, 0.2) is 40.9 Å². The molecule has 1 N–H and O–H groups in total. The smallest absolute Gasteiger partial charge is 0.139 e. The number of anilines is 1. The lowest BCUT2D eigenvalue weighted by molar-refractivity contribution is 0.337. The van der Waals surface area contributed by atoms with Crippen LogP contribution < -0.4 is 10.1 Å². The van der Waals surface area contributed by atoms with Crippen LogP contribution in [0, 0.1) is 12.7 Å². The van der Waals surface area contributed by atoms with Crippen LogP contribution in [-0.2, 0) is 6.54 Å². The quantitative estimate of drug-likeness (QED) is 0.837. The van der Waals surface area contributed by atoms with Crippen LogP contribution in [0.3, 0.4) is 0 Å². The topological polar surface area (TPSA) is 21.3 Å². The standard InChI is InChI=1S/C16H17BrFNO/c1-3-20-16-7-5-4-6-12(16)10-19-15-9-14(18)13(17)8-11(15)2/h4-9,19H,3,10H2,1-2H3. The maximum atomic E-state index is 13.6. The zero-order valence-electron chi connectivity index (χ0n) is 11.5. The van der Waals surface area contributed by atoms with Crippen molar-refractivity contribution in [3.63, 3.8) is 0 Å². The monoisotopic (exact) mass is 337 g/mol. The van der Waals surface area contributed by atoms with E-state index in [0.29, 0.717) is 17.6 Å². The van der Waals surface area contributed by atoms with E-state index in [9.17, 15) is 4.39 Å². The summed E-state index contributed by atoms with van der Waals surface area (Å²) in [6.45, 7) is 5.13. The van der Waals surface area contributed by atoms with Gasteiger partial charge in [0.1, 0.15) is 11.6 Å². The molecule has 0 radical (unpaired) electrons. The minimum Gasteiger partial charge on any atom is -0.494 e. The highest BCUT2D eigenvalue weighted by Crippen LogP contribution is 2.25. The van der Waals surface area contributed by atoms with E-state index in [2.05, 4.69) is 21.2 Å². The Hall–Kier alpha value is -1.55. The van der Waals surface area contributed by atoms with Crippen LogP contribution in [0.25, 0.3) is 0 Å². The number of aryl methyl sites for hydroxylation is 1. The van der Waals surface area contributed by atoms with Gasteiger partial charge in [0, 0.05) is 17.8 Å². The Labute approximate surface area is 127 Å². The van der Waals surface area contributed by atoms with Crippen molar-refractivity contribution in [1.29, 1.82) is 0 Å². The predicted molar refractivity (Wildman–Crippen MR) is 83.8 cm³/mol. The Morgan fingerprint density at radius 2 is 2.00 bits per heavy atom. The molecule has 106 valence electrons. The third-order valence-electron chi connectivity index (χ3n) is 3.01. The molecule has 2 nitrogen and oxygen atoms in total. The zero-order valence-corrected chi connectivity index (χ0v) is 13.1. The maximum absolute atomic E-state index is 13.6. The Balaban J connectivity index is 2.15. The third-order valence-corrected chi connectivity index (χ3v) is 3.62. The fourth-order valence-corrected chi connectivity index (χ4v) is 2.43. The summed E-state index contributed by atoms with van der Waals surface area (Å²) in [4.78, 5) is 0. The van der Waals surface area contributed by atoms with Crippen molar-refractivity contribution in [2.24, 2.45) is 0 Å². The predicted octanol–water partition coefficient (Wildman–Crippen LogP) is 4.91. The van der Waals surface area contributed by atoms with Gasteiger partial charge in [-0.2, -0.15) is 0 Å². The molecule has 0 aliphatic heterocycles.